The number of aromatic nitrogens is 5. The van der Waals surface area contributed by atoms with E-state index in [0.29, 0.717) is 25.4 Å². The number of carbonyl (C=O) groups is 1. The number of rotatable bonds is 6. The molecular weight excluding hydrogens is 260 g/mol. The second-order valence-electron chi connectivity index (χ2n) is 4.28. The third-order valence-corrected chi connectivity index (χ3v) is 2.76. The Morgan fingerprint density at radius 1 is 1.50 bits per heavy atom. The predicted octanol–water partition coefficient (Wildman–Crippen LogP) is 0.204. The maximum atomic E-state index is 11.9. The van der Waals surface area contributed by atoms with E-state index in [1.54, 1.807) is 28.7 Å². The summed E-state index contributed by atoms with van der Waals surface area (Å²) in [5.41, 5.74) is 7.11. The molecule has 0 aliphatic rings. The van der Waals surface area contributed by atoms with Gasteiger partial charge in [0.05, 0.1) is 12.8 Å². The monoisotopic (exact) mass is 278 g/mol. The Labute approximate surface area is 116 Å². The van der Waals surface area contributed by atoms with Crippen LogP contribution in [0.1, 0.15) is 23.8 Å². The number of hydrogen-bond donors (Lipinski definition) is 1. The van der Waals surface area contributed by atoms with E-state index in [1.165, 1.54) is 0 Å². The largest absolute Gasteiger partial charge is 0.461 e. The minimum absolute atomic E-state index is 0.205. The van der Waals surface area contributed by atoms with Crippen molar-refractivity contribution in [3.63, 3.8) is 0 Å². The SMILES string of the molecule is CCOC(=O)c1nnn(CCCN)c1-c1cnn(C)c1. The van der Waals surface area contributed by atoms with Gasteiger partial charge in [0.1, 0.15) is 5.69 Å². The molecule has 0 amide bonds. The van der Waals surface area contributed by atoms with Crippen molar-refractivity contribution >= 4 is 5.97 Å². The number of ether oxygens (including phenoxy) is 1. The fourth-order valence-electron chi connectivity index (χ4n) is 1.88. The molecule has 0 spiro atoms. The third kappa shape index (κ3) is 2.85. The summed E-state index contributed by atoms with van der Waals surface area (Å²) in [7, 11) is 1.81. The highest BCUT2D eigenvalue weighted by Gasteiger charge is 2.22. The summed E-state index contributed by atoms with van der Waals surface area (Å²) in [4.78, 5) is 11.9. The zero-order chi connectivity index (χ0) is 14.5. The summed E-state index contributed by atoms with van der Waals surface area (Å²) >= 11 is 0. The van der Waals surface area contributed by atoms with Crippen LogP contribution in [0.5, 0.6) is 0 Å². The molecule has 108 valence electrons. The van der Waals surface area contributed by atoms with Gasteiger partial charge in [-0.05, 0) is 19.9 Å². The Hall–Kier alpha value is -2.22. The van der Waals surface area contributed by atoms with Crippen LogP contribution in [-0.2, 0) is 18.3 Å². The number of nitrogens with two attached hydrogens (primary N) is 1. The maximum absolute atomic E-state index is 11.9. The van der Waals surface area contributed by atoms with Gasteiger partial charge in [-0.1, -0.05) is 5.21 Å². The van der Waals surface area contributed by atoms with E-state index >= 15 is 0 Å². The van der Waals surface area contributed by atoms with Crippen molar-refractivity contribution in [2.24, 2.45) is 12.8 Å². The van der Waals surface area contributed by atoms with Crippen molar-refractivity contribution in [2.45, 2.75) is 19.9 Å². The molecule has 2 heterocycles. The molecule has 2 aromatic heterocycles. The molecule has 8 heteroatoms. The van der Waals surface area contributed by atoms with E-state index < -0.39 is 5.97 Å². The zero-order valence-corrected chi connectivity index (χ0v) is 11.6. The van der Waals surface area contributed by atoms with Crippen molar-refractivity contribution in [1.82, 2.24) is 24.8 Å². The van der Waals surface area contributed by atoms with Gasteiger partial charge in [-0.3, -0.25) is 4.68 Å². The lowest BCUT2D eigenvalue weighted by Crippen LogP contribution is -2.10. The second-order valence-corrected chi connectivity index (χ2v) is 4.28. The Kier molecular flexibility index (Phi) is 4.46. The first-order valence-corrected chi connectivity index (χ1v) is 6.47. The van der Waals surface area contributed by atoms with E-state index in [2.05, 4.69) is 15.4 Å². The summed E-state index contributed by atoms with van der Waals surface area (Å²) in [5, 5.41) is 12.1. The lowest BCUT2D eigenvalue weighted by molar-refractivity contribution is 0.0520. The van der Waals surface area contributed by atoms with Gasteiger partial charge in [0, 0.05) is 25.4 Å². The van der Waals surface area contributed by atoms with Crippen LogP contribution >= 0.6 is 0 Å². The van der Waals surface area contributed by atoms with Crippen LogP contribution in [0.2, 0.25) is 0 Å². The molecular formula is C12H18N6O2. The first-order chi connectivity index (χ1) is 9.67. The van der Waals surface area contributed by atoms with Crippen LogP contribution in [0, 0.1) is 0 Å². The lowest BCUT2D eigenvalue weighted by Gasteiger charge is -2.05. The summed E-state index contributed by atoms with van der Waals surface area (Å²) in [6.07, 6.45) is 4.22. The van der Waals surface area contributed by atoms with Gasteiger partial charge >= 0.3 is 5.97 Å². The standard InChI is InChI=1S/C12H18N6O2/c1-3-20-12(19)10-11(9-7-14-17(2)8-9)18(16-15-10)6-4-5-13/h7-8H,3-6,13H2,1-2H3. The second kappa shape index (κ2) is 6.29. The molecule has 0 aliphatic carbocycles. The van der Waals surface area contributed by atoms with E-state index in [0.717, 1.165) is 12.0 Å². The Morgan fingerprint density at radius 2 is 2.30 bits per heavy atom. The van der Waals surface area contributed by atoms with E-state index in [-0.39, 0.29) is 5.69 Å². The number of hydrogen-bond acceptors (Lipinski definition) is 6. The number of nitrogens with zero attached hydrogens (tertiary/aromatic N) is 5. The van der Waals surface area contributed by atoms with Crippen LogP contribution in [0.4, 0.5) is 0 Å². The molecule has 0 bridgehead atoms. The fourth-order valence-corrected chi connectivity index (χ4v) is 1.88. The predicted molar refractivity (Wildman–Crippen MR) is 71.9 cm³/mol. The van der Waals surface area contributed by atoms with Gasteiger partial charge in [-0.2, -0.15) is 5.10 Å². The van der Waals surface area contributed by atoms with Crippen LogP contribution in [-0.4, -0.2) is 43.9 Å². The maximum Gasteiger partial charge on any atom is 0.361 e. The molecule has 0 radical (unpaired) electrons. The normalized spacial score (nSPS) is 10.8. The fraction of sp³-hybridized carbons (Fsp3) is 0.500. The van der Waals surface area contributed by atoms with E-state index in [1.807, 2.05) is 7.05 Å². The molecule has 0 saturated carbocycles. The Morgan fingerprint density at radius 3 is 2.90 bits per heavy atom. The number of esters is 1. The smallest absolute Gasteiger partial charge is 0.361 e. The Balaban J connectivity index is 2.42. The number of carbonyl (C=O) groups excluding carboxylic acids is 1. The summed E-state index contributed by atoms with van der Waals surface area (Å²) in [6, 6.07) is 0. The van der Waals surface area contributed by atoms with Gasteiger partial charge in [-0.15, -0.1) is 5.10 Å². The average Bonchev–Trinajstić information content (AvgIpc) is 3.02. The lowest BCUT2D eigenvalue weighted by atomic mass is 10.2. The van der Waals surface area contributed by atoms with Crippen LogP contribution in [0.3, 0.4) is 0 Å². The van der Waals surface area contributed by atoms with Crippen molar-refractivity contribution in [3.8, 4) is 11.3 Å². The molecule has 2 aromatic rings. The molecule has 0 aromatic carbocycles. The highest BCUT2D eigenvalue weighted by atomic mass is 16.5. The van der Waals surface area contributed by atoms with E-state index in [9.17, 15) is 4.79 Å². The first kappa shape index (κ1) is 14.2. The van der Waals surface area contributed by atoms with Crippen molar-refractivity contribution < 1.29 is 9.53 Å². The average molecular weight is 278 g/mol. The topological polar surface area (TPSA) is 101 Å². The minimum Gasteiger partial charge on any atom is -0.461 e. The first-order valence-electron chi connectivity index (χ1n) is 6.47. The van der Waals surface area contributed by atoms with Gasteiger partial charge in [-0.25, -0.2) is 9.48 Å². The highest BCUT2D eigenvalue weighted by molar-refractivity contribution is 5.93. The van der Waals surface area contributed by atoms with Crippen molar-refractivity contribution in [3.05, 3.63) is 18.1 Å². The van der Waals surface area contributed by atoms with Crippen molar-refractivity contribution in [1.29, 1.82) is 0 Å². The van der Waals surface area contributed by atoms with Gasteiger partial charge in [0.2, 0.25) is 0 Å². The highest BCUT2D eigenvalue weighted by Crippen LogP contribution is 2.22. The summed E-state index contributed by atoms with van der Waals surface area (Å²) in [6.45, 7) is 3.18. The minimum atomic E-state index is -0.481. The summed E-state index contributed by atoms with van der Waals surface area (Å²) in [5.74, 6) is -0.481. The van der Waals surface area contributed by atoms with Gasteiger partial charge in [0.15, 0.2) is 5.69 Å². The zero-order valence-electron chi connectivity index (χ0n) is 11.6. The van der Waals surface area contributed by atoms with Crippen LogP contribution in [0.15, 0.2) is 12.4 Å². The third-order valence-electron chi connectivity index (χ3n) is 2.76. The molecule has 20 heavy (non-hydrogen) atoms. The quantitative estimate of drug-likeness (QED) is 0.758. The molecule has 0 saturated heterocycles. The molecule has 2 N–H and O–H groups in total. The molecule has 0 aliphatic heterocycles. The van der Waals surface area contributed by atoms with E-state index in [4.69, 9.17) is 10.5 Å². The van der Waals surface area contributed by atoms with Gasteiger partial charge < -0.3 is 10.5 Å². The molecule has 0 atom stereocenters. The number of aryl methyl sites for hydroxylation is 2. The van der Waals surface area contributed by atoms with Crippen molar-refractivity contribution in [2.75, 3.05) is 13.2 Å². The molecule has 0 fully saturated rings. The van der Waals surface area contributed by atoms with Crippen LogP contribution in [0.25, 0.3) is 11.3 Å². The summed E-state index contributed by atoms with van der Waals surface area (Å²) < 4.78 is 8.33. The van der Waals surface area contributed by atoms with Crippen LogP contribution < -0.4 is 5.73 Å². The Bertz CT molecular complexity index is 589. The molecule has 2 rings (SSSR count). The molecule has 0 unspecified atom stereocenters. The van der Waals surface area contributed by atoms with Gasteiger partial charge in [0.25, 0.3) is 0 Å². The molecule has 8 nitrogen and oxygen atoms in total.